The fourth-order valence-electron chi connectivity index (χ4n) is 1.16. The molecule has 1 rings (SSSR count). The van der Waals surface area contributed by atoms with Crippen molar-refractivity contribution in [3.05, 3.63) is 36.8 Å². The van der Waals surface area contributed by atoms with Gasteiger partial charge in [0.1, 0.15) is 0 Å². The van der Waals surface area contributed by atoms with Gasteiger partial charge in [0.25, 0.3) is 0 Å². The minimum absolute atomic E-state index is 0. The van der Waals surface area contributed by atoms with Crippen molar-refractivity contribution in [3.8, 4) is 0 Å². The number of anilines is 1. The third-order valence-electron chi connectivity index (χ3n) is 1.74. The second kappa shape index (κ2) is 5.53. The van der Waals surface area contributed by atoms with Gasteiger partial charge in [-0.2, -0.15) is 6.42 Å². The van der Waals surface area contributed by atoms with Crippen molar-refractivity contribution in [3.63, 3.8) is 0 Å². The Morgan fingerprint density at radius 2 is 1.83 bits per heavy atom. The minimum atomic E-state index is 0. The maximum absolute atomic E-state index is 3.87. The maximum atomic E-state index is 3.87. The van der Waals surface area contributed by atoms with Crippen LogP contribution >= 0.6 is 0 Å². The van der Waals surface area contributed by atoms with E-state index in [1.165, 1.54) is 11.3 Å². The molecule has 0 unspecified atom stereocenters. The number of hydrogen-bond acceptors (Lipinski definition) is 1. The summed E-state index contributed by atoms with van der Waals surface area (Å²) in [6.45, 7) is 3.87. The van der Waals surface area contributed by atoms with Crippen molar-refractivity contribution < 1.29 is 26.2 Å². The van der Waals surface area contributed by atoms with E-state index in [0.29, 0.717) is 0 Å². The Labute approximate surface area is 93.9 Å². The number of para-hydroxylation sites is 1. The van der Waals surface area contributed by atoms with Crippen molar-refractivity contribution in [2.24, 2.45) is 0 Å². The molecule has 0 aliphatic rings. The van der Waals surface area contributed by atoms with Crippen molar-refractivity contribution in [1.82, 2.24) is 0 Å². The summed E-state index contributed by atoms with van der Waals surface area (Å²) in [5.74, 6) is 0. The Morgan fingerprint density at radius 3 is 2.25 bits per heavy atom. The molecule has 0 atom stereocenters. The summed E-state index contributed by atoms with van der Waals surface area (Å²) in [5, 5.41) is 0. The molecular formula is C10H14NZr-. The smallest absolute Gasteiger partial charge is 0.0367 e. The van der Waals surface area contributed by atoms with Gasteiger partial charge in [0, 0.05) is 46.0 Å². The van der Waals surface area contributed by atoms with E-state index in [9.17, 15) is 0 Å². The number of nitrogens with zero attached hydrogens (tertiary/aromatic N) is 1. The van der Waals surface area contributed by atoms with Gasteiger partial charge >= 0.3 is 0 Å². The molecule has 0 bridgehead atoms. The van der Waals surface area contributed by atoms with Gasteiger partial charge in [-0.25, -0.2) is 0 Å². The van der Waals surface area contributed by atoms with Gasteiger partial charge < -0.3 is 11.8 Å². The van der Waals surface area contributed by atoms with E-state index in [0.717, 1.165) is 6.42 Å². The molecule has 0 amide bonds. The van der Waals surface area contributed by atoms with Crippen LogP contribution in [-0.4, -0.2) is 14.1 Å². The molecule has 0 aliphatic heterocycles. The molecule has 0 spiro atoms. The summed E-state index contributed by atoms with van der Waals surface area (Å²) >= 11 is 0. The molecule has 12 heavy (non-hydrogen) atoms. The molecule has 0 saturated heterocycles. The average Bonchev–Trinajstić information content (AvgIpc) is 2.04. The molecular weight excluding hydrogens is 225 g/mol. The summed E-state index contributed by atoms with van der Waals surface area (Å²) in [6.07, 6.45) is 0.856. The second-order valence-corrected chi connectivity index (χ2v) is 2.77. The first-order chi connectivity index (χ1) is 5.25. The van der Waals surface area contributed by atoms with Crippen molar-refractivity contribution in [2.75, 3.05) is 19.0 Å². The summed E-state index contributed by atoms with van der Waals surface area (Å²) in [5.41, 5.74) is 2.57. The quantitative estimate of drug-likeness (QED) is 0.715. The van der Waals surface area contributed by atoms with Crippen LogP contribution in [0.15, 0.2) is 24.3 Å². The molecule has 2 heteroatoms. The van der Waals surface area contributed by atoms with E-state index in [2.05, 4.69) is 44.1 Å². The van der Waals surface area contributed by atoms with Gasteiger partial charge in [-0.1, -0.05) is 23.8 Å². The Balaban J connectivity index is 0.00000121. The van der Waals surface area contributed by atoms with E-state index in [1.54, 1.807) is 0 Å². The van der Waals surface area contributed by atoms with Crippen LogP contribution in [0.4, 0.5) is 5.69 Å². The predicted octanol–water partition coefficient (Wildman–Crippen LogP) is 2.13. The van der Waals surface area contributed by atoms with Gasteiger partial charge in [-0.15, -0.1) is 0 Å². The van der Waals surface area contributed by atoms with Crippen LogP contribution in [0.2, 0.25) is 0 Å². The van der Waals surface area contributed by atoms with Crippen LogP contribution in [0.1, 0.15) is 5.56 Å². The predicted molar refractivity (Wildman–Crippen MR) is 49.8 cm³/mol. The van der Waals surface area contributed by atoms with E-state index in [4.69, 9.17) is 0 Å². The molecule has 1 aromatic rings. The molecule has 0 saturated carbocycles. The minimum Gasteiger partial charge on any atom is -0.378 e. The van der Waals surface area contributed by atoms with Crippen LogP contribution in [0.3, 0.4) is 0 Å². The van der Waals surface area contributed by atoms with E-state index < -0.39 is 0 Å². The molecule has 0 radical (unpaired) electrons. The molecule has 0 heterocycles. The van der Waals surface area contributed by atoms with Crippen LogP contribution in [0.25, 0.3) is 0 Å². The standard InChI is InChI=1S/C10H14N.Zr/c1-4-9-7-5-6-8-10(9)11(2)3;/h5-8H,1,4H2,2-3H3;/q-1;. The molecule has 1 nitrogen and oxygen atoms in total. The molecule has 0 fully saturated rings. The van der Waals surface area contributed by atoms with Crippen LogP contribution < -0.4 is 4.90 Å². The molecule has 0 aliphatic carbocycles. The zero-order chi connectivity index (χ0) is 8.27. The number of hydrogen-bond donors (Lipinski definition) is 0. The second-order valence-electron chi connectivity index (χ2n) is 2.77. The third kappa shape index (κ3) is 2.75. The van der Waals surface area contributed by atoms with E-state index in [-0.39, 0.29) is 26.2 Å². The monoisotopic (exact) mass is 238 g/mol. The van der Waals surface area contributed by atoms with Crippen molar-refractivity contribution in [1.29, 1.82) is 0 Å². The van der Waals surface area contributed by atoms with Crippen molar-refractivity contribution >= 4 is 5.69 Å². The maximum Gasteiger partial charge on any atom is 0.0367 e. The van der Waals surface area contributed by atoms with Crippen LogP contribution in [0.5, 0.6) is 0 Å². The summed E-state index contributed by atoms with van der Waals surface area (Å²) in [7, 11) is 4.10. The summed E-state index contributed by atoms with van der Waals surface area (Å²) in [6, 6.07) is 8.32. The normalized spacial score (nSPS) is 8.92. The van der Waals surface area contributed by atoms with Gasteiger partial charge in [0.05, 0.1) is 0 Å². The SMILES string of the molecule is [CH2-]Cc1ccccc1N(C)C.[Zr]. The summed E-state index contributed by atoms with van der Waals surface area (Å²) in [4.78, 5) is 2.11. The molecule has 64 valence electrons. The fraction of sp³-hybridized carbons (Fsp3) is 0.300. The molecule has 1 aromatic carbocycles. The number of benzene rings is 1. The Morgan fingerprint density at radius 1 is 1.25 bits per heavy atom. The van der Waals surface area contributed by atoms with Gasteiger partial charge in [0.15, 0.2) is 0 Å². The van der Waals surface area contributed by atoms with Crippen LogP contribution in [0, 0.1) is 6.92 Å². The first kappa shape index (κ1) is 11.9. The van der Waals surface area contributed by atoms with Gasteiger partial charge in [-0.05, 0) is 6.07 Å². The summed E-state index contributed by atoms with van der Waals surface area (Å²) < 4.78 is 0. The first-order valence-electron chi connectivity index (χ1n) is 3.80. The van der Waals surface area contributed by atoms with Crippen molar-refractivity contribution in [2.45, 2.75) is 6.42 Å². The fourth-order valence-corrected chi connectivity index (χ4v) is 1.16. The number of rotatable bonds is 2. The largest absolute Gasteiger partial charge is 0.378 e. The topological polar surface area (TPSA) is 3.24 Å². The van der Waals surface area contributed by atoms with Gasteiger partial charge in [0.2, 0.25) is 0 Å². The third-order valence-corrected chi connectivity index (χ3v) is 1.74. The van der Waals surface area contributed by atoms with Gasteiger partial charge in [-0.3, -0.25) is 0 Å². The Bertz CT molecular complexity index is 233. The first-order valence-corrected chi connectivity index (χ1v) is 3.80. The van der Waals surface area contributed by atoms with E-state index >= 15 is 0 Å². The average molecular weight is 239 g/mol. The molecule has 0 N–H and O–H groups in total. The van der Waals surface area contributed by atoms with E-state index in [1.807, 2.05) is 6.07 Å². The van der Waals surface area contributed by atoms with Crippen LogP contribution in [-0.2, 0) is 32.6 Å². The Hall–Kier alpha value is -0.0969. The molecule has 0 aromatic heterocycles. The Kier molecular flexibility index (Phi) is 5.49. The zero-order valence-corrected chi connectivity index (χ0v) is 10.1. The zero-order valence-electron chi connectivity index (χ0n) is 7.67.